The Hall–Kier alpha value is -3.07. The summed E-state index contributed by atoms with van der Waals surface area (Å²) in [7, 11) is 0. The topological polar surface area (TPSA) is 134 Å². The maximum absolute atomic E-state index is 12.1. The number of nitrogens with one attached hydrogen (secondary N) is 2. The van der Waals surface area contributed by atoms with Crippen LogP contribution in [-0.4, -0.2) is 32.2 Å². The van der Waals surface area contributed by atoms with Crippen molar-refractivity contribution in [1.29, 1.82) is 5.41 Å². The van der Waals surface area contributed by atoms with Gasteiger partial charge in [0.2, 0.25) is 11.8 Å². The highest BCUT2D eigenvalue weighted by Crippen LogP contribution is 2.38. The number of aliphatic imine (C=N–C) groups is 1. The highest BCUT2D eigenvalue weighted by molar-refractivity contribution is 8.26. The van der Waals surface area contributed by atoms with E-state index in [0.29, 0.717) is 23.2 Å². The highest BCUT2D eigenvalue weighted by atomic mass is 32.2. The Kier molecular flexibility index (Phi) is 7.29. The molecule has 0 spiro atoms. The van der Waals surface area contributed by atoms with Gasteiger partial charge in [0.15, 0.2) is 11.0 Å². The van der Waals surface area contributed by atoms with Gasteiger partial charge in [0.05, 0.1) is 17.2 Å². The molecular weight excluding hydrogens is 400 g/mol. The quantitative estimate of drug-likeness (QED) is 0.482. The molecular formula is C21H24N6O2S. The SMILES string of the molecule is CC(=O)N=C(N)SC(=N)C1CC(Cc2ccc(NC(=O)Cc3ccccc3)nn2)C1. The van der Waals surface area contributed by atoms with Gasteiger partial charge in [-0.2, -0.15) is 10.1 Å². The smallest absolute Gasteiger partial charge is 0.244 e. The van der Waals surface area contributed by atoms with Gasteiger partial charge in [-0.1, -0.05) is 30.3 Å². The average Bonchev–Trinajstić information content (AvgIpc) is 2.65. The van der Waals surface area contributed by atoms with Gasteiger partial charge in [-0.25, -0.2) is 0 Å². The molecule has 30 heavy (non-hydrogen) atoms. The number of nitrogens with zero attached hydrogens (tertiary/aromatic N) is 3. The van der Waals surface area contributed by atoms with E-state index in [1.807, 2.05) is 36.4 Å². The predicted octanol–water partition coefficient (Wildman–Crippen LogP) is 2.80. The van der Waals surface area contributed by atoms with E-state index in [1.54, 1.807) is 6.07 Å². The van der Waals surface area contributed by atoms with Crippen LogP contribution >= 0.6 is 11.8 Å². The van der Waals surface area contributed by atoms with Gasteiger partial charge in [-0.3, -0.25) is 15.0 Å². The second kappa shape index (κ2) is 10.1. The summed E-state index contributed by atoms with van der Waals surface area (Å²) in [5.41, 5.74) is 7.44. The zero-order valence-electron chi connectivity index (χ0n) is 16.7. The molecule has 0 aliphatic heterocycles. The average molecular weight is 425 g/mol. The number of carbonyl (C=O) groups is 2. The van der Waals surface area contributed by atoms with Crippen LogP contribution in [0.2, 0.25) is 0 Å². The summed E-state index contributed by atoms with van der Waals surface area (Å²) in [6, 6.07) is 13.2. The summed E-state index contributed by atoms with van der Waals surface area (Å²) in [6.45, 7) is 1.33. The number of anilines is 1. The van der Waals surface area contributed by atoms with E-state index in [-0.39, 0.29) is 22.9 Å². The Labute approximate surface area is 179 Å². The van der Waals surface area contributed by atoms with Crippen LogP contribution in [0.4, 0.5) is 5.82 Å². The molecule has 9 heteroatoms. The molecule has 1 aromatic heterocycles. The number of hydrogen-bond donors (Lipinski definition) is 3. The Morgan fingerprint density at radius 3 is 2.57 bits per heavy atom. The lowest BCUT2D eigenvalue weighted by molar-refractivity contribution is -0.116. The number of thioether (sulfide) groups is 1. The Bertz CT molecular complexity index is 940. The first-order valence-corrected chi connectivity index (χ1v) is 10.5. The molecule has 4 N–H and O–H groups in total. The number of nitrogens with two attached hydrogens (primary N) is 1. The lowest BCUT2D eigenvalue weighted by Crippen LogP contribution is -2.31. The number of benzene rings is 1. The van der Waals surface area contributed by atoms with Crippen molar-refractivity contribution >= 4 is 39.6 Å². The van der Waals surface area contributed by atoms with Crippen molar-refractivity contribution in [1.82, 2.24) is 10.2 Å². The number of rotatable bonds is 6. The van der Waals surface area contributed by atoms with Crippen LogP contribution in [0.1, 0.15) is 31.0 Å². The number of carbonyl (C=O) groups excluding carboxylic acids is 2. The van der Waals surface area contributed by atoms with Crippen molar-refractivity contribution < 1.29 is 9.59 Å². The summed E-state index contributed by atoms with van der Waals surface area (Å²) in [5.74, 6) is 0.510. The van der Waals surface area contributed by atoms with Gasteiger partial charge < -0.3 is 11.1 Å². The van der Waals surface area contributed by atoms with Crippen LogP contribution in [0.15, 0.2) is 47.5 Å². The summed E-state index contributed by atoms with van der Waals surface area (Å²) in [4.78, 5) is 26.6. The van der Waals surface area contributed by atoms with Crippen molar-refractivity contribution in [3.63, 3.8) is 0 Å². The highest BCUT2D eigenvalue weighted by Gasteiger charge is 2.33. The second-order valence-electron chi connectivity index (χ2n) is 7.29. The molecule has 0 atom stereocenters. The van der Waals surface area contributed by atoms with Gasteiger partial charge in [-0.05, 0) is 54.6 Å². The summed E-state index contributed by atoms with van der Waals surface area (Å²) in [5, 5.41) is 19.7. The minimum atomic E-state index is -0.363. The van der Waals surface area contributed by atoms with E-state index in [1.165, 1.54) is 6.92 Å². The molecule has 1 heterocycles. The largest absolute Gasteiger partial charge is 0.378 e. The molecule has 0 unspecified atom stereocenters. The minimum Gasteiger partial charge on any atom is -0.378 e. The number of amides is 2. The summed E-state index contributed by atoms with van der Waals surface area (Å²) < 4.78 is 0. The molecule has 2 amide bonds. The molecule has 0 saturated heterocycles. The first-order valence-electron chi connectivity index (χ1n) is 9.66. The van der Waals surface area contributed by atoms with E-state index in [9.17, 15) is 9.59 Å². The normalized spacial score (nSPS) is 18.4. The van der Waals surface area contributed by atoms with Crippen LogP contribution in [0.3, 0.4) is 0 Å². The fourth-order valence-corrected chi connectivity index (χ4v) is 4.05. The maximum atomic E-state index is 12.1. The maximum Gasteiger partial charge on any atom is 0.244 e. The summed E-state index contributed by atoms with van der Waals surface area (Å²) >= 11 is 1.05. The molecule has 2 aromatic rings. The minimum absolute atomic E-state index is 0.117. The zero-order valence-corrected chi connectivity index (χ0v) is 17.5. The molecule has 0 bridgehead atoms. The Balaban J connectivity index is 1.42. The van der Waals surface area contributed by atoms with Crippen LogP contribution in [0.5, 0.6) is 0 Å². The molecule has 8 nitrogen and oxygen atoms in total. The fourth-order valence-electron chi connectivity index (χ4n) is 3.29. The molecule has 1 aromatic carbocycles. The molecule has 1 aliphatic rings. The number of amidine groups is 1. The lowest BCUT2D eigenvalue weighted by atomic mass is 9.73. The van der Waals surface area contributed by atoms with E-state index < -0.39 is 0 Å². The Morgan fingerprint density at radius 1 is 1.20 bits per heavy atom. The Morgan fingerprint density at radius 2 is 1.93 bits per heavy atom. The first-order chi connectivity index (χ1) is 14.4. The lowest BCUT2D eigenvalue weighted by Gasteiger charge is -2.35. The predicted molar refractivity (Wildman–Crippen MR) is 118 cm³/mol. The molecule has 3 rings (SSSR count). The van der Waals surface area contributed by atoms with Crippen LogP contribution in [-0.2, 0) is 22.4 Å². The van der Waals surface area contributed by atoms with E-state index in [4.69, 9.17) is 11.1 Å². The molecule has 156 valence electrons. The second-order valence-corrected chi connectivity index (χ2v) is 8.36. The van der Waals surface area contributed by atoms with Gasteiger partial charge in [0.1, 0.15) is 0 Å². The first kappa shape index (κ1) is 21.6. The molecule has 1 fully saturated rings. The van der Waals surface area contributed by atoms with Gasteiger partial charge >= 0.3 is 0 Å². The number of aromatic nitrogens is 2. The van der Waals surface area contributed by atoms with Gasteiger partial charge in [0.25, 0.3) is 0 Å². The third kappa shape index (κ3) is 6.48. The van der Waals surface area contributed by atoms with Crippen LogP contribution in [0, 0.1) is 17.2 Å². The van der Waals surface area contributed by atoms with Crippen molar-refractivity contribution in [3.8, 4) is 0 Å². The van der Waals surface area contributed by atoms with Gasteiger partial charge in [0, 0.05) is 12.8 Å². The van der Waals surface area contributed by atoms with Crippen molar-refractivity contribution in [2.45, 2.75) is 32.6 Å². The summed E-state index contributed by atoms with van der Waals surface area (Å²) in [6.07, 6.45) is 2.81. The standard InChI is InChI=1S/C21H24N6O2S/c1-13(28)24-21(23)30-20(22)16-9-15(10-16)11-17-7-8-18(27-26-17)25-19(29)12-14-5-3-2-4-6-14/h2-8,15-16,22H,9-12H2,1H3,(H2,23,24,28)(H,25,27,29). The van der Waals surface area contributed by atoms with Crippen LogP contribution < -0.4 is 11.1 Å². The third-order valence-corrected chi connectivity index (χ3v) is 5.63. The fraction of sp³-hybridized carbons (Fsp3) is 0.333. The molecule has 1 aliphatic carbocycles. The molecule has 0 radical (unpaired) electrons. The van der Waals surface area contributed by atoms with Crippen molar-refractivity contribution in [3.05, 3.63) is 53.7 Å². The van der Waals surface area contributed by atoms with E-state index >= 15 is 0 Å². The monoisotopic (exact) mass is 424 g/mol. The van der Waals surface area contributed by atoms with Crippen molar-refractivity contribution in [2.75, 3.05) is 5.32 Å². The zero-order chi connectivity index (χ0) is 21.5. The van der Waals surface area contributed by atoms with Gasteiger partial charge in [-0.15, -0.1) is 5.10 Å². The molecule has 1 saturated carbocycles. The van der Waals surface area contributed by atoms with E-state index in [0.717, 1.165) is 42.3 Å². The number of hydrogen-bond acceptors (Lipinski definition) is 6. The van der Waals surface area contributed by atoms with E-state index in [2.05, 4.69) is 20.5 Å². The third-order valence-electron chi connectivity index (χ3n) is 4.78. The van der Waals surface area contributed by atoms with Crippen LogP contribution in [0.25, 0.3) is 0 Å². The van der Waals surface area contributed by atoms with Crippen molar-refractivity contribution in [2.24, 2.45) is 22.6 Å².